The zero-order valence-corrected chi connectivity index (χ0v) is 5.59. The lowest BCUT2D eigenvalue weighted by Gasteiger charge is -1.86. The molecule has 1 nitrogen and oxygen atoms in total. The van der Waals surface area contributed by atoms with Crippen molar-refractivity contribution in [2.24, 2.45) is 5.73 Å². The molecule has 7 heavy (non-hydrogen) atoms. The van der Waals surface area contributed by atoms with E-state index in [-0.39, 0.29) is 12.4 Å². The van der Waals surface area contributed by atoms with E-state index in [1.54, 1.807) is 0 Å². The lowest BCUT2D eigenvalue weighted by atomic mass is 10.3. The lowest BCUT2D eigenvalue weighted by molar-refractivity contribution is 1.06. The Hall–Kier alpha value is -0.170. The Morgan fingerprint density at radius 2 is 2.14 bits per heavy atom. The molecule has 0 aromatic heterocycles. The van der Waals surface area contributed by atoms with Crippen LogP contribution in [0.25, 0.3) is 0 Å². The Morgan fingerprint density at radius 3 is 2.14 bits per heavy atom. The van der Waals surface area contributed by atoms with E-state index in [9.17, 15) is 0 Å². The molecule has 0 aliphatic rings. The summed E-state index contributed by atoms with van der Waals surface area (Å²) in [5.74, 6) is 0. The quantitative estimate of drug-likeness (QED) is 0.561. The van der Waals surface area contributed by atoms with Gasteiger partial charge >= 0.3 is 0 Å². The maximum atomic E-state index is 5.33. The summed E-state index contributed by atoms with van der Waals surface area (Å²) in [5.41, 5.74) is 6.30. The van der Waals surface area contributed by atoms with Crippen molar-refractivity contribution in [3.63, 3.8) is 0 Å². The number of hydrogen-bond acceptors (Lipinski definition) is 1. The number of hydrogen-bond donors (Lipinski definition) is 1. The van der Waals surface area contributed by atoms with Gasteiger partial charge in [-0.2, -0.15) is 0 Å². The van der Waals surface area contributed by atoms with Crippen LogP contribution in [-0.4, -0.2) is 0 Å². The summed E-state index contributed by atoms with van der Waals surface area (Å²) in [6, 6.07) is 0. The van der Waals surface area contributed by atoms with E-state index < -0.39 is 0 Å². The molecule has 0 spiro atoms. The fourth-order valence-electron chi connectivity index (χ4n) is 0.204. The van der Waals surface area contributed by atoms with Gasteiger partial charge in [0.05, 0.1) is 0 Å². The van der Waals surface area contributed by atoms with Gasteiger partial charge in [0.15, 0.2) is 0 Å². The monoisotopic (exact) mass is 121 g/mol. The second kappa shape index (κ2) is 5.83. The first-order valence-corrected chi connectivity index (χ1v) is 2.22. The number of allylic oxidation sites excluding steroid dienone is 2. The Balaban J connectivity index is 0. The van der Waals surface area contributed by atoms with E-state index >= 15 is 0 Å². The zero-order chi connectivity index (χ0) is 4.99. The molecule has 2 N–H and O–H groups in total. The average Bonchev–Trinajstić information content (AvgIpc) is 1.65. The van der Waals surface area contributed by atoms with Crippen LogP contribution in [0.3, 0.4) is 0 Å². The first kappa shape index (κ1) is 9.95. The summed E-state index contributed by atoms with van der Waals surface area (Å²) >= 11 is 0. The third-order valence-electron chi connectivity index (χ3n) is 0.779. The van der Waals surface area contributed by atoms with E-state index in [0.29, 0.717) is 0 Å². The summed E-state index contributed by atoms with van der Waals surface area (Å²) in [5, 5.41) is 0. The van der Waals surface area contributed by atoms with E-state index in [0.717, 1.165) is 12.1 Å². The normalized spacial score (nSPS) is 10.3. The molecule has 0 saturated heterocycles. The van der Waals surface area contributed by atoms with Crippen molar-refractivity contribution in [1.29, 1.82) is 0 Å². The van der Waals surface area contributed by atoms with Gasteiger partial charge in [0, 0.05) is 5.70 Å². The fraction of sp³-hybridized carbons (Fsp3) is 0.600. The maximum Gasteiger partial charge on any atom is 0.00343 e. The lowest BCUT2D eigenvalue weighted by Crippen LogP contribution is -1.91. The van der Waals surface area contributed by atoms with Gasteiger partial charge in [0.2, 0.25) is 0 Å². The topological polar surface area (TPSA) is 26.0 Å². The second-order valence-corrected chi connectivity index (χ2v) is 1.22. The Kier molecular flexibility index (Phi) is 8.29. The van der Waals surface area contributed by atoms with Crippen LogP contribution in [0.4, 0.5) is 0 Å². The minimum atomic E-state index is 0. The van der Waals surface area contributed by atoms with E-state index in [4.69, 9.17) is 5.73 Å². The number of nitrogens with two attached hydrogens (primary N) is 1. The van der Waals surface area contributed by atoms with Gasteiger partial charge in [-0.05, 0) is 13.3 Å². The molecule has 0 heterocycles. The summed E-state index contributed by atoms with van der Waals surface area (Å²) in [6.07, 6.45) is 2.89. The van der Waals surface area contributed by atoms with Gasteiger partial charge in [-0.3, -0.25) is 0 Å². The second-order valence-electron chi connectivity index (χ2n) is 1.22. The smallest absolute Gasteiger partial charge is 0.00343 e. The van der Waals surface area contributed by atoms with Crippen LogP contribution in [0.1, 0.15) is 20.3 Å². The van der Waals surface area contributed by atoms with Gasteiger partial charge < -0.3 is 5.73 Å². The van der Waals surface area contributed by atoms with Gasteiger partial charge in [-0.25, -0.2) is 0 Å². The Labute approximate surface area is 51.0 Å². The van der Waals surface area contributed by atoms with E-state index in [1.165, 1.54) is 0 Å². The van der Waals surface area contributed by atoms with Crippen molar-refractivity contribution in [2.45, 2.75) is 20.3 Å². The van der Waals surface area contributed by atoms with Crippen LogP contribution in [0.15, 0.2) is 11.8 Å². The van der Waals surface area contributed by atoms with Crippen LogP contribution in [0, 0.1) is 0 Å². The summed E-state index contributed by atoms with van der Waals surface area (Å²) < 4.78 is 0. The minimum absolute atomic E-state index is 0. The highest BCUT2D eigenvalue weighted by Gasteiger charge is 1.73. The molecule has 0 radical (unpaired) electrons. The SMILES string of the molecule is CC=C(N)CC.Cl. The summed E-state index contributed by atoms with van der Waals surface area (Å²) in [7, 11) is 0. The molecule has 0 rings (SSSR count). The molecule has 0 unspecified atom stereocenters. The molecule has 2 heteroatoms. The number of rotatable bonds is 1. The van der Waals surface area contributed by atoms with Crippen LogP contribution in [-0.2, 0) is 0 Å². The molecule has 0 aliphatic heterocycles. The van der Waals surface area contributed by atoms with E-state index in [1.807, 2.05) is 19.9 Å². The van der Waals surface area contributed by atoms with Crippen molar-refractivity contribution in [2.75, 3.05) is 0 Å². The van der Waals surface area contributed by atoms with Crippen molar-refractivity contribution in [3.8, 4) is 0 Å². The van der Waals surface area contributed by atoms with Gasteiger partial charge in [0.1, 0.15) is 0 Å². The van der Waals surface area contributed by atoms with Crippen LogP contribution >= 0.6 is 12.4 Å². The molecule has 0 aromatic rings. The number of halogens is 1. The van der Waals surface area contributed by atoms with Crippen LogP contribution in [0.2, 0.25) is 0 Å². The molecule has 44 valence electrons. The summed E-state index contributed by atoms with van der Waals surface area (Å²) in [4.78, 5) is 0. The predicted molar refractivity (Wildman–Crippen MR) is 35.5 cm³/mol. The Bertz CT molecular complexity index is 59.1. The average molecular weight is 122 g/mol. The van der Waals surface area contributed by atoms with Gasteiger partial charge in [-0.1, -0.05) is 13.0 Å². The van der Waals surface area contributed by atoms with Crippen LogP contribution in [0.5, 0.6) is 0 Å². The molecule has 0 fully saturated rings. The predicted octanol–water partition coefficient (Wildman–Crippen LogP) is 1.68. The highest BCUT2D eigenvalue weighted by molar-refractivity contribution is 5.85. The minimum Gasteiger partial charge on any atom is -0.402 e. The van der Waals surface area contributed by atoms with Crippen molar-refractivity contribution in [1.82, 2.24) is 0 Å². The third kappa shape index (κ3) is 5.83. The van der Waals surface area contributed by atoms with Crippen LogP contribution < -0.4 is 5.73 Å². The first-order chi connectivity index (χ1) is 2.81. The molecule has 0 amide bonds. The molecular formula is C5H12ClN. The Morgan fingerprint density at radius 1 is 1.71 bits per heavy atom. The molecule has 0 aliphatic carbocycles. The summed E-state index contributed by atoms with van der Waals surface area (Å²) in [6.45, 7) is 3.98. The molecule has 0 atom stereocenters. The molecule has 0 bridgehead atoms. The highest BCUT2D eigenvalue weighted by Crippen LogP contribution is 1.85. The largest absolute Gasteiger partial charge is 0.402 e. The van der Waals surface area contributed by atoms with Crippen molar-refractivity contribution < 1.29 is 0 Å². The van der Waals surface area contributed by atoms with E-state index in [2.05, 4.69) is 0 Å². The molecular weight excluding hydrogens is 110 g/mol. The first-order valence-electron chi connectivity index (χ1n) is 2.22. The zero-order valence-electron chi connectivity index (χ0n) is 4.77. The third-order valence-corrected chi connectivity index (χ3v) is 0.779. The fourth-order valence-corrected chi connectivity index (χ4v) is 0.204. The van der Waals surface area contributed by atoms with Gasteiger partial charge in [-0.15, -0.1) is 12.4 Å². The van der Waals surface area contributed by atoms with Crippen molar-refractivity contribution >= 4 is 12.4 Å². The van der Waals surface area contributed by atoms with Crippen molar-refractivity contribution in [3.05, 3.63) is 11.8 Å². The van der Waals surface area contributed by atoms with Gasteiger partial charge in [0.25, 0.3) is 0 Å². The standard InChI is InChI=1S/C5H11N.ClH/c1-3-5(6)4-2;/h3H,4,6H2,1-2H3;1H. The molecule has 0 saturated carbocycles. The maximum absolute atomic E-state index is 5.33. The molecule has 0 aromatic carbocycles. The highest BCUT2D eigenvalue weighted by atomic mass is 35.5.